The van der Waals surface area contributed by atoms with Crippen LogP contribution in [0.1, 0.15) is 38.3 Å². The summed E-state index contributed by atoms with van der Waals surface area (Å²) in [5, 5.41) is 13.6. The number of Topliss-reactive ketones (excluding diaryl/α,β-unsaturated/α-hetero) is 1. The van der Waals surface area contributed by atoms with Crippen LogP contribution >= 0.6 is 0 Å². The summed E-state index contributed by atoms with van der Waals surface area (Å²) in [6, 6.07) is 3.90. The largest absolute Gasteiger partial charge is 0.444 e. The van der Waals surface area contributed by atoms with E-state index in [-0.39, 0.29) is 22.7 Å². The lowest BCUT2D eigenvalue weighted by Crippen LogP contribution is -2.34. The molecule has 6 heteroatoms. The molecule has 0 saturated carbocycles. The third kappa shape index (κ3) is 2.10. The van der Waals surface area contributed by atoms with Crippen molar-refractivity contribution in [2.45, 2.75) is 32.6 Å². The minimum absolute atomic E-state index is 0.0118. The number of ether oxygens (including phenoxy) is 1. The van der Waals surface area contributed by atoms with Gasteiger partial charge < -0.3 is 10.5 Å². The van der Waals surface area contributed by atoms with E-state index in [1.165, 1.54) is 0 Å². The van der Waals surface area contributed by atoms with Gasteiger partial charge in [-0.05, 0) is 11.5 Å². The number of ketones is 1. The Morgan fingerprint density at radius 1 is 1.50 bits per heavy atom. The molecule has 2 aliphatic rings. The minimum atomic E-state index is -0.496. The molecule has 1 aromatic rings. The molecule has 1 atom stereocenters. The van der Waals surface area contributed by atoms with Gasteiger partial charge in [0, 0.05) is 31.7 Å². The zero-order valence-electron chi connectivity index (χ0n) is 12.9. The van der Waals surface area contributed by atoms with Gasteiger partial charge in [0.25, 0.3) is 0 Å². The third-order valence-electron chi connectivity index (χ3n) is 4.23. The van der Waals surface area contributed by atoms with Crippen LogP contribution in [0.3, 0.4) is 0 Å². The van der Waals surface area contributed by atoms with Crippen LogP contribution in [0.4, 0.5) is 0 Å². The quantitative estimate of drug-likeness (QED) is 0.854. The smallest absolute Gasteiger partial charge is 0.205 e. The van der Waals surface area contributed by atoms with Gasteiger partial charge in [0.1, 0.15) is 17.4 Å². The van der Waals surface area contributed by atoms with Crippen molar-refractivity contribution in [3.8, 4) is 6.07 Å². The average molecular weight is 298 g/mol. The first-order valence-corrected chi connectivity index (χ1v) is 7.16. The van der Waals surface area contributed by atoms with E-state index in [1.807, 2.05) is 13.8 Å². The van der Waals surface area contributed by atoms with E-state index < -0.39 is 5.92 Å². The number of nitrogens with zero attached hydrogens (tertiary/aromatic N) is 3. The van der Waals surface area contributed by atoms with Crippen molar-refractivity contribution < 1.29 is 9.53 Å². The number of aromatic nitrogens is 2. The second-order valence-corrected chi connectivity index (χ2v) is 6.58. The predicted octanol–water partition coefficient (Wildman–Crippen LogP) is 1.87. The van der Waals surface area contributed by atoms with Crippen LogP contribution in [-0.2, 0) is 16.6 Å². The van der Waals surface area contributed by atoms with Gasteiger partial charge in [0.2, 0.25) is 5.88 Å². The summed E-state index contributed by atoms with van der Waals surface area (Å²) < 4.78 is 7.30. The average Bonchev–Trinajstić information content (AvgIpc) is 2.81. The van der Waals surface area contributed by atoms with E-state index in [1.54, 1.807) is 24.0 Å². The summed E-state index contributed by atoms with van der Waals surface area (Å²) in [5.41, 5.74) is 7.36. The summed E-state index contributed by atoms with van der Waals surface area (Å²) >= 11 is 0. The molecule has 0 unspecified atom stereocenters. The fourth-order valence-corrected chi connectivity index (χ4v) is 3.25. The van der Waals surface area contributed by atoms with E-state index in [9.17, 15) is 10.1 Å². The molecular formula is C16H18N4O2. The summed E-state index contributed by atoms with van der Waals surface area (Å²) in [5.74, 6) is 0.185. The van der Waals surface area contributed by atoms with Crippen molar-refractivity contribution in [1.82, 2.24) is 9.78 Å². The number of nitrogens with two attached hydrogens (primary N) is 1. The van der Waals surface area contributed by atoms with Gasteiger partial charge in [0.15, 0.2) is 5.78 Å². The normalized spacial score (nSPS) is 23.9. The van der Waals surface area contributed by atoms with Crippen LogP contribution in [0.2, 0.25) is 0 Å². The molecule has 2 N–H and O–H groups in total. The number of nitriles is 1. The number of hydrogen-bond donors (Lipinski definition) is 1. The Morgan fingerprint density at radius 3 is 2.82 bits per heavy atom. The molecule has 2 heterocycles. The van der Waals surface area contributed by atoms with Crippen molar-refractivity contribution in [2.24, 2.45) is 18.2 Å². The molecule has 0 radical (unpaired) electrons. The molecule has 0 fully saturated rings. The maximum absolute atomic E-state index is 12.7. The Labute approximate surface area is 128 Å². The van der Waals surface area contributed by atoms with Crippen LogP contribution < -0.4 is 5.73 Å². The number of aryl methyl sites for hydroxylation is 1. The molecule has 1 aromatic heterocycles. The molecule has 22 heavy (non-hydrogen) atoms. The molecule has 0 aromatic carbocycles. The number of hydrogen-bond acceptors (Lipinski definition) is 5. The Hall–Kier alpha value is -2.55. The maximum atomic E-state index is 12.7. The highest BCUT2D eigenvalue weighted by Gasteiger charge is 2.43. The van der Waals surface area contributed by atoms with Crippen molar-refractivity contribution in [3.05, 3.63) is 40.7 Å². The summed E-state index contributed by atoms with van der Waals surface area (Å²) in [7, 11) is 1.79. The van der Waals surface area contributed by atoms with Gasteiger partial charge in [0.05, 0.1) is 11.6 Å². The summed E-state index contributed by atoms with van der Waals surface area (Å²) in [6.45, 7) is 4.05. The molecule has 0 bridgehead atoms. The van der Waals surface area contributed by atoms with Crippen molar-refractivity contribution in [3.63, 3.8) is 0 Å². The third-order valence-corrected chi connectivity index (χ3v) is 4.23. The molecule has 3 rings (SSSR count). The SMILES string of the molecule is Cn1nccc1[C@@H]1C(C#N)=C(N)OC2=C1C(=O)CC(C)(C)C2. The first-order valence-electron chi connectivity index (χ1n) is 7.16. The van der Waals surface area contributed by atoms with Crippen molar-refractivity contribution in [1.29, 1.82) is 5.26 Å². The molecule has 0 saturated heterocycles. The minimum Gasteiger partial charge on any atom is -0.444 e. The van der Waals surface area contributed by atoms with Crippen LogP contribution in [0, 0.1) is 16.7 Å². The van der Waals surface area contributed by atoms with Gasteiger partial charge >= 0.3 is 0 Å². The second kappa shape index (κ2) is 4.73. The number of carbonyl (C=O) groups is 1. The van der Waals surface area contributed by atoms with Gasteiger partial charge in [-0.2, -0.15) is 10.4 Å². The van der Waals surface area contributed by atoms with E-state index >= 15 is 0 Å². The fraction of sp³-hybridized carbons (Fsp3) is 0.438. The first kappa shape index (κ1) is 14.4. The predicted molar refractivity (Wildman–Crippen MR) is 78.9 cm³/mol. The van der Waals surface area contributed by atoms with Gasteiger partial charge in [-0.1, -0.05) is 13.8 Å². The molecule has 114 valence electrons. The van der Waals surface area contributed by atoms with Crippen molar-refractivity contribution in [2.75, 3.05) is 0 Å². The summed E-state index contributed by atoms with van der Waals surface area (Å²) in [4.78, 5) is 12.7. The Balaban J connectivity index is 2.20. The maximum Gasteiger partial charge on any atom is 0.205 e. The van der Waals surface area contributed by atoms with Crippen LogP contribution in [-0.4, -0.2) is 15.6 Å². The fourth-order valence-electron chi connectivity index (χ4n) is 3.25. The van der Waals surface area contributed by atoms with Crippen LogP contribution in [0.15, 0.2) is 35.1 Å². The molecule has 1 aliphatic heterocycles. The molecule has 1 aliphatic carbocycles. The van der Waals surface area contributed by atoms with E-state index in [4.69, 9.17) is 10.5 Å². The lowest BCUT2D eigenvalue weighted by atomic mass is 9.71. The van der Waals surface area contributed by atoms with Crippen LogP contribution in [0.5, 0.6) is 0 Å². The van der Waals surface area contributed by atoms with E-state index in [0.717, 1.165) is 5.69 Å². The van der Waals surface area contributed by atoms with Gasteiger partial charge in [-0.3, -0.25) is 9.48 Å². The number of allylic oxidation sites excluding steroid dienone is 3. The topological polar surface area (TPSA) is 93.9 Å². The molecular weight excluding hydrogens is 280 g/mol. The Bertz CT molecular complexity index is 761. The highest BCUT2D eigenvalue weighted by molar-refractivity contribution is 5.99. The van der Waals surface area contributed by atoms with Crippen LogP contribution in [0.25, 0.3) is 0 Å². The Morgan fingerprint density at radius 2 is 2.23 bits per heavy atom. The zero-order valence-corrected chi connectivity index (χ0v) is 12.9. The van der Waals surface area contributed by atoms with Gasteiger partial charge in [-0.25, -0.2) is 0 Å². The number of rotatable bonds is 1. The zero-order chi connectivity index (χ0) is 16.1. The standard InChI is InChI=1S/C16H18N4O2/c1-16(2)6-11(21)14-12(7-16)22-15(18)9(8-17)13(14)10-4-5-19-20(10)3/h4-5,13H,6-7,18H2,1-3H3/t13-/m0/s1. The number of carbonyl (C=O) groups excluding carboxylic acids is 1. The molecule has 0 amide bonds. The van der Waals surface area contributed by atoms with Crippen molar-refractivity contribution >= 4 is 5.78 Å². The van der Waals surface area contributed by atoms with E-state index in [0.29, 0.717) is 24.2 Å². The highest BCUT2D eigenvalue weighted by Crippen LogP contribution is 2.47. The first-order chi connectivity index (χ1) is 10.3. The monoisotopic (exact) mass is 298 g/mol. The van der Waals surface area contributed by atoms with E-state index in [2.05, 4.69) is 11.2 Å². The lowest BCUT2D eigenvalue weighted by molar-refractivity contribution is -0.119. The Kier molecular flexibility index (Phi) is 3.10. The molecule has 6 nitrogen and oxygen atoms in total. The second-order valence-electron chi connectivity index (χ2n) is 6.58. The lowest BCUT2D eigenvalue weighted by Gasteiger charge is -2.37. The highest BCUT2D eigenvalue weighted by atomic mass is 16.5. The summed E-state index contributed by atoms with van der Waals surface area (Å²) in [6.07, 6.45) is 2.71. The van der Waals surface area contributed by atoms with Gasteiger partial charge in [-0.15, -0.1) is 0 Å². The molecule has 0 spiro atoms.